The number of aryl methyl sites for hydroxylation is 2. The highest BCUT2D eigenvalue weighted by Gasteiger charge is 2.20. The molecule has 1 aromatic heterocycles. The SMILES string of the molecule is CCOC(=O)OC(=O)c1c(C)[nH]c(C)c1C. The monoisotopic (exact) mass is 225 g/mol. The number of aromatic nitrogens is 1. The molecule has 0 bridgehead atoms. The fraction of sp³-hybridized carbons (Fsp3) is 0.455. The lowest BCUT2D eigenvalue weighted by atomic mass is 10.1. The summed E-state index contributed by atoms with van der Waals surface area (Å²) in [7, 11) is 0. The molecule has 0 spiro atoms. The maximum absolute atomic E-state index is 11.6. The highest BCUT2D eigenvalue weighted by molar-refractivity contribution is 5.97. The van der Waals surface area contributed by atoms with Gasteiger partial charge >= 0.3 is 12.1 Å². The summed E-state index contributed by atoms with van der Waals surface area (Å²) in [5.41, 5.74) is 2.75. The van der Waals surface area contributed by atoms with Crippen LogP contribution in [0.25, 0.3) is 0 Å². The third-order valence-corrected chi connectivity index (χ3v) is 2.33. The summed E-state index contributed by atoms with van der Waals surface area (Å²) in [6.45, 7) is 7.21. The lowest BCUT2D eigenvalue weighted by Crippen LogP contribution is -2.15. The van der Waals surface area contributed by atoms with Crippen LogP contribution < -0.4 is 0 Å². The van der Waals surface area contributed by atoms with Crippen LogP contribution in [0.5, 0.6) is 0 Å². The zero-order valence-electron chi connectivity index (χ0n) is 9.84. The normalized spacial score (nSPS) is 10.0. The van der Waals surface area contributed by atoms with Gasteiger partial charge in [0.2, 0.25) is 0 Å². The number of esters is 1. The fourth-order valence-electron chi connectivity index (χ4n) is 1.49. The van der Waals surface area contributed by atoms with E-state index in [9.17, 15) is 9.59 Å². The largest absolute Gasteiger partial charge is 0.516 e. The second kappa shape index (κ2) is 4.83. The molecule has 1 rings (SSSR count). The lowest BCUT2D eigenvalue weighted by Gasteiger charge is -2.03. The van der Waals surface area contributed by atoms with Gasteiger partial charge in [0.1, 0.15) is 0 Å². The molecule has 0 saturated heterocycles. The third kappa shape index (κ3) is 2.42. The molecule has 0 aliphatic heterocycles. The number of nitrogens with one attached hydrogen (secondary N) is 1. The van der Waals surface area contributed by atoms with Gasteiger partial charge in [-0.2, -0.15) is 0 Å². The Morgan fingerprint density at radius 1 is 1.19 bits per heavy atom. The Balaban J connectivity index is 2.85. The van der Waals surface area contributed by atoms with Crippen molar-refractivity contribution < 1.29 is 19.1 Å². The first-order valence-corrected chi connectivity index (χ1v) is 5.02. The Bertz CT molecular complexity index is 420. The molecule has 5 nitrogen and oxygen atoms in total. The van der Waals surface area contributed by atoms with Crippen molar-refractivity contribution in [3.63, 3.8) is 0 Å². The molecular weight excluding hydrogens is 210 g/mol. The van der Waals surface area contributed by atoms with E-state index < -0.39 is 12.1 Å². The fourth-order valence-corrected chi connectivity index (χ4v) is 1.49. The van der Waals surface area contributed by atoms with Crippen LogP contribution in [0.1, 0.15) is 34.2 Å². The standard InChI is InChI=1S/C11H15NO4/c1-5-15-11(14)16-10(13)9-6(2)7(3)12-8(9)4/h12H,5H2,1-4H3. The lowest BCUT2D eigenvalue weighted by molar-refractivity contribution is 0.0400. The number of hydrogen-bond acceptors (Lipinski definition) is 4. The van der Waals surface area contributed by atoms with Gasteiger partial charge in [0.25, 0.3) is 0 Å². The van der Waals surface area contributed by atoms with Gasteiger partial charge in [-0.3, -0.25) is 0 Å². The van der Waals surface area contributed by atoms with Gasteiger partial charge in [-0.05, 0) is 33.3 Å². The van der Waals surface area contributed by atoms with Crippen LogP contribution in [-0.2, 0) is 9.47 Å². The first-order chi connectivity index (χ1) is 7.47. The van der Waals surface area contributed by atoms with Crippen molar-refractivity contribution in [2.24, 2.45) is 0 Å². The van der Waals surface area contributed by atoms with Crippen molar-refractivity contribution in [3.8, 4) is 0 Å². The van der Waals surface area contributed by atoms with Crippen molar-refractivity contribution in [1.82, 2.24) is 4.98 Å². The van der Waals surface area contributed by atoms with Crippen LogP contribution >= 0.6 is 0 Å². The molecule has 0 radical (unpaired) electrons. The number of hydrogen-bond donors (Lipinski definition) is 1. The van der Waals surface area contributed by atoms with Crippen molar-refractivity contribution in [1.29, 1.82) is 0 Å². The maximum Gasteiger partial charge on any atom is 0.516 e. The first-order valence-electron chi connectivity index (χ1n) is 5.02. The Morgan fingerprint density at radius 3 is 2.25 bits per heavy atom. The summed E-state index contributed by atoms with van der Waals surface area (Å²) in [5.74, 6) is -0.683. The number of rotatable bonds is 2. The highest BCUT2D eigenvalue weighted by Crippen LogP contribution is 2.18. The summed E-state index contributed by atoms with van der Waals surface area (Å²) < 4.78 is 9.06. The minimum Gasteiger partial charge on any atom is -0.434 e. The minimum absolute atomic E-state index is 0.177. The van der Waals surface area contributed by atoms with Gasteiger partial charge in [-0.1, -0.05) is 0 Å². The molecule has 1 N–H and O–H groups in total. The minimum atomic E-state index is -0.967. The molecule has 0 unspecified atom stereocenters. The number of ether oxygens (including phenoxy) is 2. The highest BCUT2D eigenvalue weighted by atomic mass is 16.7. The van der Waals surface area contributed by atoms with E-state index in [0.717, 1.165) is 11.3 Å². The summed E-state index contributed by atoms with van der Waals surface area (Å²) in [4.78, 5) is 25.6. The maximum atomic E-state index is 11.6. The predicted octanol–water partition coefficient (Wildman–Crippen LogP) is 2.25. The molecule has 0 fully saturated rings. The molecular formula is C11H15NO4. The number of carbonyl (C=O) groups excluding carboxylic acids is 2. The molecule has 0 aliphatic rings. The zero-order valence-corrected chi connectivity index (χ0v) is 9.84. The van der Waals surface area contributed by atoms with Crippen molar-refractivity contribution in [2.45, 2.75) is 27.7 Å². The zero-order chi connectivity index (χ0) is 12.3. The van der Waals surface area contributed by atoms with Crippen LogP contribution in [0.15, 0.2) is 0 Å². The second-order valence-electron chi connectivity index (χ2n) is 3.45. The summed E-state index contributed by atoms with van der Waals surface area (Å²) in [5, 5.41) is 0. The smallest absolute Gasteiger partial charge is 0.434 e. The number of H-pyrrole nitrogens is 1. The summed E-state index contributed by atoms with van der Waals surface area (Å²) in [6, 6.07) is 0. The van der Waals surface area contributed by atoms with Gasteiger partial charge < -0.3 is 14.5 Å². The van der Waals surface area contributed by atoms with Crippen molar-refractivity contribution >= 4 is 12.1 Å². The van der Waals surface area contributed by atoms with E-state index in [2.05, 4.69) is 14.5 Å². The van der Waals surface area contributed by atoms with Crippen LogP contribution in [0.4, 0.5) is 4.79 Å². The second-order valence-corrected chi connectivity index (χ2v) is 3.45. The van der Waals surface area contributed by atoms with E-state index in [1.807, 2.05) is 6.92 Å². The van der Waals surface area contributed by atoms with E-state index in [-0.39, 0.29) is 6.61 Å². The van der Waals surface area contributed by atoms with Crippen LogP contribution in [0.3, 0.4) is 0 Å². The average molecular weight is 225 g/mol. The van der Waals surface area contributed by atoms with Crippen LogP contribution in [-0.4, -0.2) is 23.7 Å². The molecule has 0 aromatic carbocycles. The van der Waals surface area contributed by atoms with Crippen LogP contribution in [0, 0.1) is 20.8 Å². The third-order valence-electron chi connectivity index (χ3n) is 2.33. The Hall–Kier alpha value is -1.78. The van der Waals surface area contributed by atoms with Gasteiger partial charge in [-0.25, -0.2) is 9.59 Å². The molecule has 88 valence electrons. The molecule has 1 aromatic rings. The van der Waals surface area contributed by atoms with E-state index in [0.29, 0.717) is 11.3 Å². The first kappa shape index (κ1) is 12.3. The van der Waals surface area contributed by atoms with E-state index >= 15 is 0 Å². The number of aromatic amines is 1. The van der Waals surface area contributed by atoms with E-state index in [4.69, 9.17) is 0 Å². The Morgan fingerprint density at radius 2 is 1.81 bits per heavy atom. The molecule has 1 heterocycles. The van der Waals surface area contributed by atoms with E-state index in [1.165, 1.54) is 0 Å². The molecule has 5 heteroatoms. The molecule has 0 saturated carbocycles. The average Bonchev–Trinajstić information content (AvgIpc) is 2.41. The van der Waals surface area contributed by atoms with Crippen molar-refractivity contribution in [3.05, 3.63) is 22.5 Å². The topological polar surface area (TPSA) is 68.4 Å². The quantitative estimate of drug-likeness (QED) is 0.619. The Labute approximate surface area is 93.7 Å². The van der Waals surface area contributed by atoms with Gasteiger partial charge in [-0.15, -0.1) is 0 Å². The molecule has 0 amide bonds. The molecule has 16 heavy (non-hydrogen) atoms. The molecule has 0 aliphatic carbocycles. The summed E-state index contributed by atoms with van der Waals surface area (Å²) >= 11 is 0. The van der Waals surface area contributed by atoms with Crippen LogP contribution in [0.2, 0.25) is 0 Å². The molecule has 0 atom stereocenters. The number of carbonyl (C=O) groups is 2. The van der Waals surface area contributed by atoms with Crippen molar-refractivity contribution in [2.75, 3.05) is 6.61 Å². The predicted molar refractivity (Wildman–Crippen MR) is 57.4 cm³/mol. The summed E-state index contributed by atoms with van der Waals surface area (Å²) in [6.07, 6.45) is -0.967. The Kier molecular flexibility index (Phi) is 3.71. The van der Waals surface area contributed by atoms with E-state index in [1.54, 1.807) is 20.8 Å². The van der Waals surface area contributed by atoms with Gasteiger partial charge in [0.15, 0.2) is 0 Å². The van der Waals surface area contributed by atoms with Gasteiger partial charge in [0.05, 0.1) is 12.2 Å². The van der Waals surface area contributed by atoms with Gasteiger partial charge in [0, 0.05) is 11.4 Å².